The molecule has 1 saturated heterocycles. The Labute approximate surface area is 186 Å². The molecule has 10 heteroatoms. The quantitative estimate of drug-likeness (QED) is 0.385. The van der Waals surface area contributed by atoms with Crippen molar-refractivity contribution in [3.63, 3.8) is 0 Å². The smallest absolute Gasteiger partial charge is 0.246 e. The van der Waals surface area contributed by atoms with Crippen LogP contribution in [0.5, 0.6) is 0 Å². The standard InChI is InChI=1S/C19H22FN7O.HI/c1-3-22-19(23-10-15-8-14(9-21)4-5-17(15)20)26-6-7-27(18(28)13-26)16-11-24-25(2)12-16;/h4-5,8,11-12H,3,6-7,10,13H2,1-2H3,(H,22,23);1H. The van der Waals surface area contributed by atoms with E-state index in [1.54, 1.807) is 29.0 Å². The van der Waals surface area contributed by atoms with Crippen LogP contribution in [0.25, 0.3) is 0 Å². The van der Waals surface area contributed by atoms with E-state index in [1.165, 1.54) is 18.2 Å². The fraction of sp³-hybridized carbons (Fsp3) is 0.368. The van der Waals surface area contributed by atoms with Gasteiger partial charge in [0.2, 0.25) is 5.91 Å². The molecule has 0 saturated carbocycles. The zero-order valence-electron chi connectivity index (χ0n) is 16.3. The maximum absolute atomic E-state index is 14.0. The number of carbonyl (C=O) groups excluding carboxylic acids is 1. The highest BCUT2D eigenvalue weighted by molar-refractivity contribution is 14.0. The van der Waals surface area contributed by atoms with Crippen molar-refractivity contribution in [3.05, 3.63) is 47.5 Å². The van der Waals surface area contributed by atoms with Gasteiger partial charge in [0.1, 0.15) is 12.4 Å². The lowest BCUT2D eigenvalue weighted by Gasteiger charge is -2.35. The van der Waals surface area contributed by atoms with Crippen molar-refractivity contribution >= 4 is 41.5 Å². The van der Waals surface area contributed by atoms with Crippen LogP contribution in [-0.2, 0) is 18.4 Å². The van der Waals surface area contributed by atoms with Crippen LogP contribution in [0.3, 0.4) is 0 Å². The first kappa shape index (κ1) is 22.6. The predicted octanol–water partition coefficient (Wildman–Crippen LogP) is 1.86. The van der Waals surface area contributed by atoms with Crippen LogP contribution in [0.15, 0.2) is 35.6 Å². The fourth-order valence-corrected chi connectivity index (χ4v) is 3.03. The molecule has 2 aromatic rings. The molecule has 1 aromatic carbocycles. The van der Waals surface area contributed by atoms with Gasteiger partial charge in [-0.25, -0.2) is 9.38 Å². The Morgan fingerprint density at radius 2 is 2.21 bits per heavy atom. The number of rotatable bonds is 4. The SMILES string of the molecule is CCNC(=NCc1cc(C#N)ccc1F)N1CCN(c2cnn(C)c2)C(=O)C1.I. The number of aryl methyl sites for hydroxylation is 1. The summed E-state index contributed by atoms with van der Waals surface area (Å²) in [5.41, 5.74) is 1.50. The van der Waals surface area contributed by atoms with E-state index in [9.17, 15) is 9.18 Å². The number of hydrogen-bond acceptors (Lipinski definition) is 4. The summed E-state index contributed by atoms with van der Waals surface area (Å²) in [7, 11) is 1.81. The van der Waals surface area contributed by atoms with E-state index in [2.05, 4.69) is 15.4 Å². The maximum atomic E-state index is 14.0. The van der Waals surface area contributed by atoms with Gasteiger partial charge in [0.25, 0.3) is 0 Å². The normalized spacial score (nSPS) is 14.4. The van der Waals surface area contributed by atoms with Crippen molar-refractivity contribution in [2.75, 3.05) is 31.1 Å². The van der Waals surface area contributed by atoms with Crippen LogP contribution in [0.1, 0.15) is 18.1 Å². The van der Waals surface area contributed by atoms with E-state index < -0.39 is 5.82 Å². The van der Waals surface area contributed by atoms with Crippen LogP contribution >= 0.6 is 24.0 Å². The molecule has 0 aliphatic carbocycles. The Bertz CT molecular complexity index is 937. The lowest BCUT2D eigenvalue weighted by atomic mass is 10.1. The summed E-state index contributed by atoms with van der Waals surface area (Å²) < 4.78 is 15.7. The summed E-state index contributed by atoms with van der Waals surface area (Å²) in [6.07, 6.45) is 3.47. The van der Waals surface area contributed by atoms with Gasteiger partial charge >= 0.3 is 0 Å². The van der Waals surface area contributed by atoms with Gasteiger partial charge < -0.3 is 15.1 Å². The van der Waals surface area contributed by atoms with Gasteiger partial charge in [-0.2, -0.15) is 10.4 Å². The Balaban J connectivity index is 0.00000300. The Morgan fingerprint density at radius 3 is 2.83 bits per heavy atom. The monoisotopic (exact) mass is 511 g/mol. The first-order valence-corrected chi connectivity index (χ1v) is 9.02. The topological polar surface area (TPSA) is 89.6 Å². The molecule has 1 fully saturated rings. The van der Waals surface area contributed by atoms with Gasteiger partial charge in [-0.15, -0.1) is 24.0 Å². The molecule has 1 aliphatic heterocycles. The summed E-state index contributed by atoms with van der Waals surface area (Å²) in [6, 6.07) is 6.20. The number of piperazine rings is 1. The van der Waals surface area contributed by atoms with E-state index in [4.69, 9.17) is 5.26 Å². The number of halogens is 2. The second kappa shape index (κ2) is 10.2. The lowest BCUT2D eigenvalue weighted by molar-refractivity contribution is -0.120. The number of guanidine groups is 1. The third kappa shape index (κ3) is 5.44. The van der Waals surface area contributed by atoms with Gasteiger partial charge in [-0.3, -0.25) is 9.48 Å². The minimum absolute atomic E-state index is 0. The number of hydrogen-bond donors (Lipinski definition) is 1. The maximum Gasteiger partial charge on any atom is 0.246 e. The highest BCUT2D eigenvalue weighted by atomic mass is 127. The van der Waals surface area contributed by atoms with E-state index in [-0.39, 0.29) is 43.0 Å². The van der Waals surface area contributed by atoms with Crippen LogP contribution in [-0.4, -0.2) is 52.7 Å². The number of nitrogens with one attached hydrogen (secondary N) is 1. The molecule has 1 aliphatic rings. The molecule has 0 bridgehead atoms. The number of nitrogens with zero attached hydrogens (tertiary/aromatic N) is 6. The second-order valence-corrected chi connectivity index (χ2v) is 6.43. The molecule has 154 valence electrons. The van der Waals surface area contributed by atoms with Gasteiger partial charge in [0.05, 0.1) is 30.1 Å². The first-order valence-electron chi connectivity index (χ1n) is 9.02. The van der Waals surface area contributed by atoms with Crippen molar-refractivity contribution in [2.45, 2.75) is 13.5 Å². The number of nitriles is 1. The number of aromatic nitrogens is 2. The minimum atomic E-state index is -0.406. The van der Waals surface area contributed by atoms with E-state index >= 15 is 0 Å². The number of carbonyl (C=O) groups is 1. The number of anilines is 1. The van der Waals surface area contributed by atoms with Crippen molar-refractivity contribution in [1.82, 2.24) is 20.0 Å². The van der Waals surface area contributed by atoms with Crippen LogP contribution in [0.2, 0.25) is 0 Å². The Morgan fingerprint density at radius 1 is 1.41 bits per heavy atom. The first-order chi connectivity index (χ1) is 13.5. The molecule has 1 amide bonds. The summed E-state index contributed by atoms with van der Waals surface area (Å²) in [6.45, 7) is 3.90. The molecule has 29 heavy (non-hydrogen) atoms. The minimum Gasteiger partial charge on any atom is -0.356 e. The van der Waals surface area contributed by atoms with Gasteiger partial charge in [-0.05, 0) is 25.1 Å². The third-order valence-corrected chi connectivity index (χ3v) is 4.43. The molecule has 2 heterocycles. The van der Waals surface area contributed by atoms with E-state index in [0.717, 1.165) is 5.69 Å². The molecule has 0 unspecified atom stereocenters. The second-order valence-electron chi connectivity index (χ2n) is 6.43. The fourth-order valence-electron chi connectivity index (χ4n) is 3.03. The Hall–Kier alpha value is -2.68. The zero-order chi connectivity index (χ0) is 20.1. The number of aliphatic imine (C=N–C) groups is 1. The van der Waals surface area contributed by atoms with Crippen LogP contribution in [0.4, 0.5) is 10.1 Å². The molecule has 1 N–H and O–H groups in total. The van der Waals surface area contributed by atoms with Gasteiger partial charge in [-0.1, -0.05) is 0 Å². The summed E-state index contributed by atoms with van der Waals surface area (Å²) >= 11 is 0. The molecule has 1 aromatic heterocycles. The molecule has 8 nitrogen and oxygen atoms in total. The summed E-state index contributed by atoms with van der Waals surface area (Å²) in [4.78, 5) is 20.6. The Kier molecular flexibility index (Phi) is 7.95. The largest absolute Gasteiger partial charge is 0.356 e. The highest BCUT2D eigenvalue weighted by Crippen LogP contribution is 2.16. The van der Waals surface area contributed by atoms with Gasteiger partial charge in [0, 0.05) is 38.4 Å². The average molecular weight is 511 g/mol. The van der Waals surface area contributed by atoms with Crippen molar-refractivity contribution in [3.8, 4) is 6.07 Å². The average Bonchev–Trinajstić information content (AvgIpc) is 3.12. The molecular weight excluding hydrogens is 488 g/mol. The predicted molar refractivity (Wildman–Crippen MR) is 118 cm³/mol. The third-order valence-electron chi connectivity index (χ3n) is 4.43. The van der Waals surface area contributed by atoms with E-state index in [0.29, 0.717) is 36.7 Å². The molecule has 3 rings (SSSR count). The number of benzene rings is 1. The molecular formula is C19H23FIN7O. The summed E-state index contributed by atoms with van der Waals surface area (Å²) in [5.74, 6) is 0.0852. The lowest BCUT2D eigenvalue weighted by Crippen LogP contribution is -2.55. The zero-order valence-corrected chi connectivity index (χ0v) is 18.6. The summed E-state index contributed by atoms with van der Waals surface area (Å²) in [5, 5.41) is 16.3. The highest BCUT2D eigenvalue weighted by Gasteiger charge is 2.27. The number of amides is 1. The van der Waals surface area contributed by atoms with Crippen LogP contribution in [0, 0.1) is 17.1 Å². The van der Waals surface area contributed by atoms with Crippen LogP contribution < -0.4 is 10.2 Å². The van der Waals surface area contributed by atoms with Crippen molar-refractivity contribution in [1.29, 1.82) is 5.26 Å². The molecule has 0 atom stereocenters. The van der Waals surface area contributed by atoms with E-state index in [1.807, 2.05) is 17.9 Å². The molecule has 0 radical (unpaired) electrons. The molecule has 0 spiro atoms. The van der Waals surface area contributed by atoms with Crippen molar-refractivity contribution < 1.29 is 9.18 Å². The van der Waals surface area contributed by atoms with Crippen molar-refractivity contribution in [2.24, 2.45) is 12.0 Å². The van der Waals surface area contributed by atoms with Gasteiger partial charge in [0.15, 0.2) is 5.96 Å².